The lowest BCUT2D eigenvalue weighted by Gasteiger charge is -2.14. The van der Waals surface area contributed by atoms with E-state index in [9.17, 15) is 4.79 Å². The molecule has 0 spiro atoms. The number of hydrogen-bond donors (Lipinski definition) is 1. The number of likely N-dealkylation sites (tertiary alicyclic amines) is 1. The summed E-state index contributed by atoms with van der Waals surface area (Å²) >= 11 is 5.79. The molecule has 1 N–H and O–H groups in total. The van der Waals surface area contributed by atoms with Crippen LogP contribution in [0.3, 0.4) is 0 Å². The van der Waals surface area contributed by atoms with Crippen LogP contribution in [0.5, 0.6) is 0 Å². The van der Waals surface area contributed by atoms with Gasteiger partial charge in [-0.1, -0.05) is 0 Å². The van der Waals surface area contributed by atoms with E-state index in [-0.39, 0.29) is 5.97 Å². The van der Waals surface area contributed by atoms with Gasteiger partial charge in [0.25, 0.3) is 0 Å². The normalized spacial score (nSPS) is 18.6. The molecular weight excluding hydrogens is 228 g/mol. The predicted molar refractivity (Wildman–Crippen MR) is 64.8 cm³/mol. The SMILES string of the molecule is COC(=O)C(Cl)CNCCCN1CCCC1. The van der Waals surface area contributed by atoms with Crippen molar-refractivity contribution in [3.05, 3.63) is 0 Å². The minimum atomic E-state index is -0.572. The maximum absolute atomic E-state index is 11.0. The fourth-order valence-corrected chi connectivity index (χ4v) is 2.07. The Bertz CT molecular complexity index is 208. The van der Waals surface area contributed by atoms with Gasteiger partial charge >= 0.3 is 5.97 Å². The molecule has 0 saturated carbocycles. The first-order chi connectivity index (χ1) is 7.74. The van der Waals surface area contributed by atoms with Crippen LogP contribution in [0.25, 0.3) is 0 Å². The lowest BCUT2D eigenvalue weighted by molar-refractivity contribution is -0.140. The van der Waals surface area contributed by atoms with Gasteiger partial charge in [0.1, 0.15) is 5.38 Å². The number of halogens is 1. The smallest absolute Gasteiger partial charge is 0.325 e. The monoisotopic (exact) mass is 248 g/mol. The largest absolute Gasteiger partial charge is 0.468 e. The minimum Gasteiger partial charge on any atom is -0.468 e. The zero-order valence-electron chi connectivity index (χ0n) is 9.88. The Kier molecular flexibility index (Phi) is 6.76. The number of alkyl halides is 1. The van der Waals surface area contributed by atoms with Crippen LogP contribution in [0.15, 0.2) is 0 Å². The van der Waals surface area contributed by atoms with Crippen LogP contribution >= 0.6 is 11.6 Å². The van der Waals surface area contributed by atoms with Gasteiger partial charge in [0.05, 0.1) is 7.11 Å². The average Bonchev–Trinajstić information content (AvgIpc) is 2.80. The van der Waals surface area contributed by atoms with Crippen molar-refractivity contribution in [3.8, 4) is 0 Å². The number of methoxy groups -OCH3 is 1. The summed E-state index contributed by atoms with van der Waals surface area (Å²) in [5, 5.41) is 2.59. The van der Waals surface area contributed by atoms with Crippen molar-refractivity contribution in [2.45, 2.75) is 24.6 Å². The number of nitrogens with one attached hydrogen (secondary N) is 1. The second-order valence-corrected chi connectivity index (χ2v) is 4.62. The van der Waals surface area contributed by atoms with Crippen molar-refractivity contribution < 1.29 is 9.53 Å². The van der Waals surface area contributed by atoms with Gasteiger partial charge in [-0.3, -0.25) is 4.79 Å². The van der Waals surface area contributed by atoms with Crippen molar-refractivity contribution >= 4 is 17.6 Å². The molecule has 1 aliphatic rings. The van der Waals surface area contributed by atoms with Gasteiger partial charge in [-0.15, -0.1) is 11.6 Å². The summed E-state index contributed by atoms with van der Waals surface area (Å²) in [7, 11) is 1.35. The van der Waals surface area contributed by atoms with Crippen LogP contribution in [0.2, 0.25) is 0 Å². The molecule has 1 rings (SSSR count). The topological polar surface area (TPSA) is 41.6 Å². The molecule has 1 saturated heterocycles. The second-order valence-electron chi connectivity index (χ2n) is 4.10. The summed E-state index contributed by atoms with van der Waals surface area (Å²) in [6.45, 7) is 4.99. The number of carbonyl (C=O) groups is 1. The molecule has 0 aromatic heterocycles. The van der Waals surface area contributed by atoms with E-state index in [1.807, 2.05) is 0 Å². The molecule has 1 aliphatic heterocycles. The number of rotatable bonds is 7. The first-order valence-corrected chi connectivity index (χ1v) is 6.32. The molecule has 0 bridgehead atoms. The number of hydrogen-bond acceptors (Lipinski definition) is 4. The highest BCUT2D eigenvalue weighted by Crippen LogP contribution is 2.06. The third-order valence-electron chi connectivity index (χ3n) is 2.81. The molecule has 16 heavy (non-hydrogen) atoms. The molecule has 94 valence electrons. The summed E-state index contributed by atoms with van der Waals surface area (Å²) in [5.41, 5.74) is 0. The maximum Gasteiger partial charge on any atom is 0.325 e. The van der Waals surface area contributed by atoms with E-state index in [2.05, 4.69) is 15.0 Å². The Morgan fingerprint density at radius 3 is 2.81 bits per heavy atom. The Morgan fingerprint density at radius 2 is 2.19 bits per heavy atom. The highest BCUT2D eigenvalue weighted by atomic mass is 35.5. The lowest BCUT2D eigenvalue weighted by atomic mass is 10.3. The molecule has 1 unspecified atom stereocenters. The molecule has 0 radical (unpaired) electrons. The van der Waals surface area contributed by atoms with E-state index in [4.69, 9.17) is 11.6 Å². The molecular formula is C11H21ClN2O2. The van der Waals surface area contributed by atoms with E-state index in [1.165, 1.54) is 33.0 Å². The maximum atomic E-state index is 11.0. The van der Waals surface area contributed by atoms with Crippen LogP contribution in [-0.2, 0) is 9.53 Å². The number of ether oxygens (including phenoxy) is 1. The zero-order chi connectivity index (χ0) is 11.8. The molecule has 0 amide bonds. The molecule has 1 atom stereocenters. The molecule has 5 heteroatoms. The van der Waals surface area contributed by atoms with Gasteiger partial charge < -0.3 is 15.0 Å². The quantitative estimate of drug-likeness (QED) is 0.412. The lowest BCUT2D eigenvalue weighted by Crippen LogP contribution is -2.32. The molecule has 0 aliphatic carbocycles. The van der Waals surface area contributed by atoms with Gasteiger partial charge in [-0.25, -0.2) is 0 Å². The standard InChI is InChI=1S/C11H21ClN2O2/c1-16-11(15)10(12)9-13-5-4-8-14-6-2-3-7-14/h10,13H,2-9H2,1H3. The van der Waals surface area contributed by atoms with Crippen molar-refractivity contribution in [2.24, 2.45) is 0 Å². The van der Waals surface area contributed by atoms with Crippen LogP contribution in [0.1, 0.15) is 19.3 Å². The Morgan fingerprint density at radius 1 is 1.50 bits per heavy atom. The van der Waals surface area contributed by atoms with Gasteiger partial charge in [-0.2, -0.15) is 0 Å². The first-order valence-electron chi connectivity index (χ1n) is 5.89. The number of nitrogens with zero attached hydrogens (tertiary/aromatic N) is 1. The number of esters is 1. The third-order valence-corrected chi connectivity index (χ3v) is 3.14. The molecule has 1 heterocycles. The average molecular weight is 249 g/mol. The summed E-state index contributed by atoms with van der Waals surface area (Å²) in [6.07, 6.45) is 3.77. The van der Waals surface area contributed by atoms with E-state index < -0.39 is 5.38 Å². The molecule has 4 nitrogen and oxygen atoms in total. The minimum absolute atomic E-state index is 0.367. The van der Waals surface area contributed by atoms with Crippen molar-refractivity contribution in [2.75, 3.05) is 39.8 Å². The van der Waals surface area contributed by atoms with E-state index >= 15 is 0 Å². The van der Waals surface area contributed by atoms with E-state index in [0.29, 0.717) is 6.54 Å². The Hall–Kier alpha value is -0.320. The third kappa shape index (κ3) is 5.14. The summed E-state index contributed by atoms with van der Waals surface area (Å²) < 4.78 is 4.53. The van der Waals surface area contributed by atoms with Crippen LogP contribution < -0.4 is 5.32 Å². The van der Waals surface area contributed by atoms with E-state index in [0.717, 1.165) is 19.5 Å². The summed E-state index contributed by atoms with van der Waals surface area (Å²) in [5.74, 6) is -0.367. The van der Waals surface area contributed by atoms with Gasteiger partial charge in [-0.05, 0) is 45.4 Å². The fraction of sp³-hybridized carbons (Fsp3) is 0.909. The van der Waals surface area contributed by atoms with Gasteiger partial charge in [0.15, 0.2) is 0 Å². The first kappa shape index (κ1) is 13.7. The van der Waals surface area contributed by atoms with Gasteiger partial charge in [0.2, 0.25) is 0 Å². The van der Waals surface area contributed by atoms with Crippen molar-refractivity contribution in [3.63, 3.8) is 0 Å². The van der Waals surface area contributed by atoms with Gasteiger partial charge in [0, 0.05) is 6.54 Å². The second kappa shape index (κ2) is 7.87. The fourth-order valence-electron chi connectivity index (χ4n) is 1.87. The Labute approximate surface area is 102 Å². The van der Waals surface area contributed by atoms with Crippen LogP contribution in [-0.4, -0.2) is 56.1 Å². The predicted octanol–water partition coefficient (Wildman–Crippen LogP) is 0.842. The van der Waals surface area contributed by atoms with Crippen molar-refractivity contribution in [1.82, 2.24) is 10.2 Å². The van der Waals surface area contributed by atoms with E-state index in [1.54, 1.807) is 0 Å². The molecule has 0 aromatic carbocycles. The Balaban J connectivity index is 1.92. The highest BCUT2D eigenvalue weighted by molar-refractivity contribution is 6.30. The summed E-state index contributed by atoms with van der Waals surface area (Å²) in [6, 6.07) is 0. The van der Waals surface area contributed by atoms with Crippen LogP contribution in [0.4, 0.5) is 0 Å². The highest BCUT2D eigenvalue weighted by Gasteiger charge is 2.14. The molecule has 0 aromatic rings. The number of carbonyl (C=O) groups excluding carboxylic acids is 1. The van der Waals surface area contributed by atoms with Crippen LogP contribution in [0, 0.1) is 0 Å². The van der Waals surface area contributed by atoms with Crippen molar-refractivity contribution in [1.29, 1.82) is 0 Å². The zero-order valence-corrected chi connectivity index (χ0v) is 10.6. The molecule has 1 fully saturated rings. The summed E-state index contributed by atoms with van der Waals surface area (Å²) in [4.78, 5) is 13.5.